The minimum Gasteiger partial charge on any atom is -0.508 e. The molecule has 0 radical (unpaired) electrons. The van der Waals surface area contributed by atoms with Gasteiger partial charge in [-0.2, -0.15) is 0 Å². The van der Waals surface area contributed by atoms with Crippen LogP contribution in [0.1, 0.15) is 22.3 Å². The van der Waals surface area contributed by atoms with E-state index < -0.39 is 0 Å². The Morgan fingerprint density at radius 1 is 0.520 bits per heavy atom. The highest BCUT2D eigenvalue weighted by Gasteiger charge is 2.15. The van der Waals surface area contributed by atoms with E-state index in [-0.39, 0.29) is 11.5 Å². The summed E-state index contributed by atoms with van der Waals surface area (Å²) in [7, 11) is 0. The van der Waals surface area contributed by atoms with Gasteiger partial charge < -0.3 is 15.1 Å². The number of nitrogens with zero attached hydrogens (tertiary/aromatic N) is 1. The van der Waals surface area contributed by atoms with Gasteiger partial charge in [-0.3, -0.25) is 0 Å². The Bertz CT molecular complexity index is 860. The molecule has 0 saturated heterocycles. The fraction of sp³-hybridized carbons (Fsp3) is 0.182. The maximum Gasteiger partial charge on any atom is 0.121 e. The summed E-state index contributed by atoms with van der Waals surface area (Å²) in [5.74, 6) is 0.0698. The molecule has 0 bridgehead atoms. The van der Waals surface area contributed by atoms with Crippen LogP contribution in [0.4, 0.5) is 17.1 Å². The predicted octanol–water partition coefficient (Wildman–Crippen LogP) is 5.80. The molecule has 0 saturated carbocycles. The number of aryl methyl sites for hydroxylation is 4. The largest absolute Gasteiger partial charge is 0.508 e. The van der Waals surface area contributed by atoms with Crippen molar-refractivity contribution >= 4 is 17.1 Å². The third kappa shape index (κ3) is 3.45. The van der Waals surface area contributed by atoms with E-state index >= 15 is 0 Å². The number of rotatable bonds is 3. The lowest BCUT2D eigenvalue weighted by Crippen LogP contribution is -2.10. The summed E-state index contributed by atoms with van der Waals surface area (Å²) in [5.41, 5.74) is 7.51. The number of hydrogen-bond acceptors (Lipinski definition) is 3. The first-order valence-corrected chi connectivity index (χ1v) is 8.33. The molecule has 3 aromatic carbocycles. The molecular formula is C22H23NO2. The third-order valence-electron chi connectivity index (χ3n) is 4.64. The Morgan fingerprint density at radius 3 is 1.36 bits per heavy atom. The summed E-state index contributed by atoms with van der Waals surface area (Å²) in [4.78, 5) is 2.04. The topological polar surface area (TPSA) is 43.7 Å². The first-order valence-electron chi connectivity index (χ1n) is 8.33. The molecule has 0 heterocycles. The van der Waals surface area contributed by atoms with Gasteiger partial charge in [-0.1, -0.05) is 12.1 Å². The quantitative estimate of drug-likeness (QED) is 0.636. The van der Waals surface area contributed by atoms with Gasteiger partial charge in [-0.05, 0) is 74.2 Å². The molecular weight excluding hydrogens is 310 g/mol. The highest BCUT2D eigenvalue weighted by Crippen LogP contribution is 2.39. The summed E-state index contributed by atoms with van der Waals surface area (Å²) in [5, 5.41) is 19.9. The summed E-state index contributed by atoms with van der Waals surface area (Å²) < 4.78 is 0. The summed E-state index contributed by atoms with van der Waals surface area (Å²) in [6.45, 7) is 8.33. The lowest BCUT2D eigenvalue weighted by Gasteiger charge is -2.27. The molecule has 0 atom stereocenters. The Balaban J connectivity index is 2.23. The van der Waals surface area contributed by atoms with Crippen LogP contribution in [0, 0.1) is 27.7 Å². The Morgan fingerprint density at radius 2 is 0.960 bits per heavy atom. The van der Waals surface area contributed by atoms with E-state index in [1.807, 2.05) is 4.90 Å². The first-order chi connectivity index (χ1) is 11.8. The van der Waals surface area contributed by atoms with Gasteiger partial charge in [0.05, 0.1) is 5.69 Å². The summed E-state index contributed by atoms with van der Waals surface area (Å²) in [6, 6.07) is 17.2. The Labute approximate surface area is 148 Å². The summed E-state index contributed by atoms with van der Waals surface area (Å²) >= 11 is 0. The molecule has 0 aliphatic heterocycles. The number of hydrogen-bond donors (Lipinski definition) is 2. The molecule has 0 unspecified atom stereocenters. The van der Waals surface area contributed by atoms with Gasteiger partial charge in [-0.15, -0.1) is 0 Å². The second-order valence-electron chi connectivity index (χ2n) is 6.58. The van der Waals surface area contributed by atoms with Gasteiger partial charge in [-0.25, -0.2) is 0 Å². The van der Waals surface area contributed by atoms with Crippen molar-refractivity contribution in [2.24, 2.45) is 0 Å². The zero-order valence-corrected chi connectivity index (χ0v) is 15.0. The van der Waals surface area contributed by atoms with Crippen LogP contribution in [-0.2, 0) is 0 Å². The van der Waals surface area contributed by atoms with Gasteiger partial charge in [0.2, 0.25) is 0 Å². The first kappa shape index (κ1) is 16.9. The van der Waals surface area contributed by atoms with Crippen molar-refractivity contribution in [1.82, 2.24) is 0 Å². The monoisotopic (exact) mass is 333 g/mol. The number of aromatic hydroxyl groups is 2. The van der Waals surface area contributed by atoms with E-state index in [9.17, 15) is 10.2 Å². The van der Waals surface area contributed by atoms with Gasteiger partial charge in [0.25, 0.3) is 0 Å². The number of phenolic OH excluding ortho intramolecular Hbond substituents is 2. The van der Waals surface area contributed by atoms with Crippen molar-refractivity contribution in [2.75, 3.05) is 4.90 Å². The molecule has 3 rings (SSSR count). The maximum absolute atomic E-state index is 9.95. The molecule has 128 valence electrons. The van der Waals surface area contributed by atoms with Crippen molar-refractivity contribution in [3.63, 3.8) is 0 Å². The molecule has 0 spiro atoms. The van der Waals surface area contributed by atoms with Crippen LogP contribution >= 0.6 is 0 Å². The molecule has 0 fully saturated rings. The van der Waals surface area contributed by atoms with Crippen LogP contribution in [0.5, 0.6) is 11.5 Å². The molecule has 3 aromatic rings. The van der Waals surface area contributed by atoms with E-state index in [1.165, 1.54) is 28.3 Å². The number of anilines is 3. The minimum atomic E-state index is 0.0349. The molecule has 25 heavy (non-hydrogen) atoms. The normalized spacial score (nSPS) is 10.7. The zero-order chi connectivity index (χ0) is 18.1. The molecule has 2 N–H and O–H groups in total. The minimum absolute atomic E-state index is 0.0349. The highest BCUT2D eigenvalue weighted by atomic mass is 16.3. The van der Waals surface area contributed by atoms with Crippen LogP contribution in [0.3, 0.4) is 0 Å². The molecule has 3 nitrogen and oxygen atoms in total. The average molecular weight is 333 g/mol. The van der Waals surface area contributed by atoms with E-state index in [2.05, 4.69) is 64.1 Å². The number of phenols is 2. The van der Waals surface area contributed by atoms with Gasteiger partial charge in [0.15, 0.2) is 0 Å². The van der Waals surface area contributed by atoms with Crippen LogP contribution in [0.15, 0.2) is 54.6 Å². The summed E-state index contributed by atoms with van der Waals surface area (Å²) in [6.07, 6.45) is 0. The van der Waals surface area contributed by atoms with Gasteiger partial charge in [0, 0.05) is 29.6 Å². The average Bonchev–Trinajstić information content (AvgIpc) is 2.53. The van der Waals surface area contributed by atoms with Gasteiger partial charge in [0.1, 0.15) is 11.5 Å². The maximum atomic E-state index is 9.95. The van der Waals surface area contributed by atoms with E-state index in [0.29, 0.717) is 5.69 Å². The molecule has 0 aliphatic rings. The van der Waals surface area contributed by atoms with Crippen LogP contribution in [0.25, 0.3) is 0 Å². The Hall–Kier alpha value is -2.94. The van der Waals surface area contributed by atoms with E-state index in [0.717, 1.165) is 11.4 Å². The van der Waals surface area contributed by atoms with Crippen LogP contribution in [0.2, 0.25) is 0 Å². The van der Waals surface area contributed by atoms with Crippen LogP contribution in [-0.4, -0.2) is 10.2 Å². The molecule has 0 aliphatic carbocycles. The fourth-order valence-corrected chi connectivity index (χ4v) is 2.89. The lowest BCUT2D eigenvalue weighted by atomic mass is 10.1. The second-order valence-corrected chi connectivity index (χ2v) is 6.58. The van der Waals surface area contributed by atoms with Crippen molar-refractivity contribution in [3.05, 3.63) is 76.9 Å². The van der Waals surface area contributed by atoms with Crippen molar-refractivity contribution in [2.45, 2.75) is 27.7 Å². The smallest absolute Gasteiger partial charge is 0.121 e. The Kier molecular flexibility index (Phi) is 4.41. The SMILES string of the molecule is Cc1ccc(N(c2cc(O)cc(O)c2)c2ccc(C)c(C)c2)cc1C. The lowest BCUT2D eigenvalue weighted by molar-refractivity contribution is 0.451. The van der Waals surface area contributed by atoms with E-state index in [4.69, 9.17) is 0 Å². The van der Waals surface area contributed by atoms with Crippen molar-refractivity contribution < 1.29 is 10.2 Å². The fourth-order valence-electron chi connectivity index (χ4n) is 2.89. The third-order valence-corrected chi connectivity index (χ3v) is 4.64. The van der Waals surface area contributed by atoms with Gasteiger partial charge >= 0.3 is 0 Å². The van der Waals surface area contributed by atoms with E-state index in [1.54, 1.807) is 12.1 Å². The molecule has 3 heteroatoms. The standard InChI is InChI=1S/C22H23NO2/c1-14-5-7-18(9-16(14)3)23(19-8-6-15(2)17(4)10-19)20-11-21(24)13-22(25)12-20/h5-13,24-25H,1-4H3. The molecule has 0 amide bonds. The number of benzene rings is 3. The van der Waals surface area contributed by atoms with Crippen LogP contribution < -0.4 is 4.90 Å². The zero-order valence-electron chi connectivity index (χ0n) is 15.0. The molecule has 0 aromatic heterocycles. The highest BCUT2D eigenvalue weighted by molar-refractivity contribution is 5.78. The van der Waals surface area contributed by atoms with Crippen molar-refractivity contribution in [1.29, 1.82) is 0 Å². The van der Waals surface area contributed by atoms with Crippen molar-refractivity contribution in [3.8, 4) is 11.5 Å². The predicted molar refractivity (Wildman–Crippen MR) is 103 cm³/mol. The second kappa shape index (κ2) is 6.52.